The predicted molar refractivity (Wildman–Crippen MR) is 79.0 cm³/mol. The summed E-state index contributed by atoms with van der Waals surface area (Å²) in [5.74, 6) is -0.172. The van der Waals surface area contributed by atoms with Crippen molar-refractivity contribution in [3.05, 3.63) is 29.8 Å². The topological polar surface area (TPSA) is 52.3 Å². The van der Waals surface area contributed by atoms with Gasteiger partial charge in [0.2, 0.25) is 0 Å². The Morgan fingerprint density at radius 2 is 1.79 bits per heavy atom. The number of rotatable bonds is 7. The number of carbonyl (C=O) groups is 1. The molecule has 0 atom stereocenters. The average molecular weight is 263 g/mol. The molecule has 3 heteroatoms. The zero-order chi connectivity index (χ0) is 14.3. The molecule has 0 fully saturated rings. The van der Waals surface area contributed by atoms with Crippen molar-refractivity contribution >= 4 is 11.7 Å². The second-order valence-corrected chi connectivity index (χ2v) is 5.44. The van der Waals surface area contributed by atoms with E-state index < -0.39 is 5.41 Å². The molecule has 0 aliphatic heterocycles. The minimum atomic E-state index is -0.627. The normalized spacial score (nSPS) is 11.3. The fraction of sp³-hybridized carbons (Fsp3) is 0.562. The number of unbranched alkanes of at least 4 members (excludes halogenated alkanes) is 3. The Kier molecular flexibility index (Phi) is 5.87. The van der Waals surface area contributed by atoms with Gasteiger partial charge in [-0.2, -0.15) is 0 Å². The molecule has 0 radical (unpaired) electrons. The van der Waals surface area contributed by atoms with Crippen LogP contribution in [0, 0.1) is 0 Å². The number of benzene rings is 1. The number of anilines is 1. The molecule has 0 aliphatic rings. The van der Waals surface area contributed by atoms with Crippen LogP contribution in [0.1, 0.15) is 52.0 Å². The number of ether oxygens (including phenoxy) is 1. The van der Waals surface area contributed by atoms with Gasteiger partial charge in [0, 0.05) is 5.69 Å². The third-order valence-corrected chi connectivity index (χ3v) is 3.37. The first-order chi connectivity index (χ1) is 8.98. The molecule has 0 unspecified atom stereocenters. The van der Waals surface area contributed by atoms with Gasteiger partial charge >= 0.3 is 5.97 Å². The Morgan fingerprint density at radius 1 is 1.16 bits per heavy atom. The maximum Gasteiger partial charge on any atom is 0.315 e. The maximum atomic E-state index is 12.1. The van der Waals surface area contributed by atoms with Crippen LogP contribution in [0.25, 0.3) is 0 Å². The number of hydrogen-bond donors (Lipinski definition) is 1. The summed E-state index contributed by atoms with van der Waals surface area (Å²) in [6, 6.07) is 7.39. The first kappa shape index (κ1) is 15.5. The second kappa shape index (κ2) is 7.17. The molecule has 0 aromatic heterocycles. The van der Waals surface area contributed by atoms with Crippen LogP contribution in [-0.2, 0) is 14.9 Å². The number of esters is 1. The molecule has 0 spiro atoms. The first-order valence-corrected chi connectivity index (χ1v) is 7.01. The van der Waals surface area contributed by atoms with Gasteiger partial charge in [-0.15, -0.1) is 0 Å². The van der Waals surface area contributed by atoms with E-state index in [4.69, 9.17) is 10.5 Å². The fourth-order valence-electron chi connectivity index (χ4n) is 1.89. The Hall–Kier alpha value is -1.51. The van der Waals surface area contributed by atoms with Crippen molar-refractivity contribution < 1.29 is 9.53 Å². The van der Waals surface area contributed by atoms with Crippen molar-refractivity contribution in [1.82, 2.24) is 0 Å². The highest BCUT2D eigenvalue weighted by Gasteiger charge is 2.31. The van der Waals surface area contributed by atoms with Crippen LogP contribution in [0.4, 0.5) is 5.69 Å². The highest BCUT2D eigenvalue weighted by atomic mass is 16.5. The fourth-order valence-corrected chi connectivity index (χ4v) is 1.89. The van der Waals surface area contributed by atoms with Crippen LogP contribution >= 0.6 is 0 Å². The maximum absolute atomic E-state index is 12.1. The molecule has 19 heavy (non-hydrogen) atoms. The van der Waals surface area contributed by atoms with Crippen LogP contribution in [0.2, 0.25) is 0 Å². The Labute approximate surface area is 116 Å². The van der Waals surface area contributed by atoms with Crippen molar-refractivity contribution in [2.24, 2.45) is 0 Å². The van der Waals surface area contributed by atoms with Gasteiger partial charge in [-0.25, -0.2) is 0 Å². The third-order valence-electron chi connectivity index (χ3n) is 3.37. The van der Waals surface area contributed by atoms with E-state index >= 15 is 0 Å². The molecule has 0 saturated carbocycles. The lowest BCUT2D eigenvalue weighted by Gasteiger charge is -2.23. The Bertz CT molecular complexity index is 396. The number of nitrogen functional groups attached to an aromatic ring is 1. The first-order valence-electron chi connectivity index (χ1n) is 7.01. The summed E-state index contributed by atoms with van der Waals surface area (Å²) in [6.07, 6.45) is 4.44. The summed E-state index contributed by atoms with van der Waals surface area (Å²) in [7, 11) is 0. The van der Waals surface area contributed by atoms with E-state index in [1.54, 1.807) is 0 Å². The zero-order valence-corrected chi connectivity index (χ0v) is 12.2. The molecule has 1 aromatic rings. The van der Waals surface area contributed by atoms with E-state index in [0.717, 1.165) is 18.4 Å². The van der Waals surface area contributed by atoms with Crippen molar-refractivity contribution in [2.45, 2.75) is 51.9 Å². The summed E-state index contributed by atoms with van der Waals surface area (Å²) in [5.41, 5.74) is 6.66. The molecular weight excluding hydrogens is 238 g/mol. The van der Waals surface area contributed by atoms with Gasteiger partial charge in [0.25, 0.3) is 0 Å². The quantitative estimate of drug-likeness (QED) is 0.464. The predicted octanol–water partition coefficient (Wildman–Crippen LogP) is 3.67. The molecule has 0 saturated heterocycles. The molecule has 0 heterocycles. The molecule has 3 nitrogen and oxygen atoms in total. The molecule has 0 bridgehead atoms. The molecular formula is C16H25NO2. The minimum Gasteiger partial charge on any atom is -0.465 e. The van der Waals surface area contributed by atoms with Gasteiger partial charge in [-0.1, -0.05) is 38.3 Å². The molecule has 0 amide bonds. The number of carbonyl (C=O) groups excluding carboxylic acids is 1. The van der Waals surface area contributed by atoms with E-state index in [-0.39, 0.29) is 5.97 Å². The lowest BCUT2D eigenvalue weighted by molar-refractivity contribution is -0.149. The largest absolute Gasteiger partial charge is 0.465 e. The second-order valence-electron chi connectivity index (χ2n) is 5.44. The van der Waals surface area contributed by atoms with Gasteiger partial charge in [-0.05, 0) is 38.0 Å². The van der Waals surface area contributed by atoms with Crippen molar-refractivity contribution in [2.75, 3.05) is 12.3 Å². The van der Waals surface area contributed by atoms with Crippen LogP contribution in [0.3, 0.4) is 0 Å². The van der Waals surface area contributed by atoms with Gasteiger partial charge in [0.15, 0.2) is 0 Å². The lowest BCUT2D eigenvalue weighted by Crippen LogP contribution is -2.31. The van der Waals surface area contributed by atoms with E-state index in [1.165, 1.54) is 12.8 Å². The van der Waals surface area contributed by atoms with Crippen LogP contribution in [0.5, 0.6) is 0 Å². The van der Waals surface area contributed by atoms with Crippen molar-refractivity contribution in [3.63, 3.8) is 0 Å². The van der Waals surface area contributed by atoms with Gasteiger partial charge < -0.3 is 10.5 Å². The van der Waals surface area contributed by atoms with Gasteiger partial charge in [0.1, 0.15) is 0 Å². The lowest BCUT2D eigenvalue weighted by atomic mass is 9.85. The molecule has 1 aromatic carbocycles. The summed E-state index contributed by atoms with van der Waals surface area (Å²) >= 11 is 0. The van der Waals surface area contributed by atoms with E-state index in [2.05, 4.69) is 6.92 Å². The summed E-state index contributed by atoms with van der Waals surface area (Å²) in [6.45, 7) is 6.44. The minimum absolute atomic E-state index is 0.172. The highest BCUT2D eigenvalue weighted by Crippen LogP contribution is 2.25. The molecule has 106 valence electrons. The van der Waals surface area contributed by atoms with E-state index in [1.807, 2.05) is 38.1 Å². The zero-order valence-electron chi connectivity index (χ0n) is 12.2. The molecule has 1 rings (SSSR count). The van der Waals surface area contributed by atoms with Crippen LogP contribution < -0.4 is 5.73 Å². The molecule has 0 aliphatic carbocycles. The summed E-state index contributed by atoms with van der Waals surface area (Å²) in [5, 5.41) is 0. The SMILES string of the molecule is CCCCCCOC(=O)C(C)(C)c1ccc(N)cc1. The van der Waals surface area contributed by atoms with Crippen molar-refractivity contribution in [3.8, 4) is 0 Å². The molecule has 2 N–H and O–H groups in total. The smallest absolute Gasteiger partial charge is 0.315 e. The monoisotopic (exact) mass is 263 g/mol. The van der Waals surface area contributed by atoms with Crippen molar-refractivity contribution in [1.29, 1.82) is 0 Å². The van der Waals surface area contributed by atoms with E-state index in [9.17, 15) is 4.79 Å². The Morgan fingerprint density at radius 3 is 2.37 bits per heavy atom. The average Bonchev–Trinajstić information content (AvgIpc) is 2.38. The van der Waals surface area contributed by atoms with Gasteiger partial charge in [-0.3, -0.25) is 4.79 Å². The Balaban J connectivity index is 2.52. The summed E-state index contributed by atoms with van der Waals surface area (Å²) < 4.78 is 5.37. The number of hydrogen-bond acceptors (Lipinski definition) is 3. The van der Waals surface area contributed by atoms with Crippen LogP contribution in [0.15, 0.2) is 24.3 Å². The standard InChI is InChI=1S/C16H25NO2/c1-4-5-6-7-12-19-15(18)16(2,3)13-8-10-14(17)11-9-13/h8-11H,4-7,12,17H2,1-3H3. The third kappa shape index (κ3) is 4.58. The summed E-state index contributed by atoms with van der Waals surface area (Å²) in [4.78, 5) is 12.1. The number of nitrogens with two attached hydrogens (primary N) is 1. The van der Waals surface area contributed by atoms with Gasteiger partial charge in [0.05, 0.1) is 12.0 Å². The van der Waals surface area contributed by atoms with Crippen LogP contribution in [-0.4, -0.2) is 12.6 Å². The highest BCUT2D eigenvalue weighted by molar-refractivity contribution is 5.82. The van der Waals surface area contributed by atoms with E-state index in [0.29, 0.717) is 12.3 Å².